The summed E-state index contributed by atoms with van der Waals surface area (Å²) >= 11 is 0. The van der Waals surface area contributed by atoms with Crippen molar-refractivity contribution in [2.24, 2.45) is 17.8 Å². The Morgan fingerprint density at radius 2 is 0.669 bits per heavy atom. The number of aromatic carboxylic acids is 1. The highest BCUT2D eigenvalue weighted by Gasteiger charge is 2.62. The summed E-state index contributed by atoms with van der Waals surface area (Å²) in [7, 11) is 13.8. The second kappa shape index (κ2) is 45.6. The van der Waals surface area contributed by atoms with E-state index in [4.69, 9.17) is 14.6 Å². The molecular weight excluding hydrogens is 1750 g/mol. The van der Waals surface area contributed by atoms with Gasteiger partial charge < -0.3 is 65.5 Å². The maximum atomic E-state index is 14.4. The quantitative estimate of drug-likeness (QED) is 0.0206. The van der Waals surface area contributed by atoms with E-state index in [2.05, 4.69) is 21.3 Å². The molecule has 3 atom stereocenters. The van der Waals surface area contributed by atoms with Gasteiger partial charge in [0.05, 0.1) is 47.6 Å². The first-order valence-corrected chi connectivity index (χ1v) is 43.7. The van der Waals surface area contributed by atoms with Crippen molar-refractivity contribution in [3.63, 3.8) is 0 Å². The summed E-state index contributed by atoms with van der Waals surface area (Å²) in [5.74, 6) is -9.71. The van der Waals surface area contributed by atoms with Crippen LogP contribution in [-0.2, 0) is 38.2 Å². The number of nitrogens with zero attached hydrogens (tertiary/aromatic N) is 11. The molecule has 6 aromatic carbocycles. The lowest BCUT2D eigenvalue weighted by Gasteiger charge is -2.43. The Morgan fingerprint density at radius 1 is 0.406 bits per heavy atom. The fourth-order valence-electron chi connectivity index (χ4n) is 16.6. The highest BCUT2D eigenvalue weighted by molar-refractivity contribution is 6.19. The summed E-state index contributed by atoms with van der Waals surface area (Å²) < 4.78 is 51.8. The molecule has 6 aliphatic heterocycles. The van der Waals surface area contributed by atoms with Crippen molar-refractivity contribution in [3.8, 4) is 0 Å². The molecule has 0 aromatic heterocycles. The Labute approximate surface area is 778 Å². The van der Waals surface area contributed by atoms with Gasteiger partial charge in [0.1, 0.15) is 52.2 Å². The van der Waals surface area contributed by atoms with Crippen LogP contribution in [0, 0.1) is 56.0 Å². The van der Waals surface area contributed by atoms with Crippen LogP contribution in [-0.4, -0.2) is 308 Å². The molecule has 0 radical (unpaired) electrons. The third kappa shape index (κ3) is 24.0. The molecule has 0 bridgehead atoms. The van der Waals surface area contributed by atoms with Gasteiger partial charge in [-0.2, -0.15) is 0 Å². The van der Waals surface area contributed by atoms with E-state index in [1.807, 2.05) is 57.0 Å². The largest absolute Gasteiger partial charge is 0.480 e. The van der Waals surface area contributed by atoms with Crippen LogP contribution >= 0.6 is 12.4 Å². The second-order valence-corrected chi connectivity index (χ2v) is 35.4. The molecule has 34 nitrogen and oxygen atoms in total. The Morgan fingerprint density at radius 3 is 0.917 bits per heavy atom. The number of amides is 14. The number of piperidine rings is 3. The van der Waals surface area contributed by atoms with Crippen molar-refractivity contribution < 1.29 is 105 Å². The predicted molar refractivity (Wildman–Crippen MR) is 492 cm³/mol. The zero-order valence-electron chi connectivity index (χ0n) is 78.1. The van der Waals surface area contributed by atoms with E-state index in [-0.39, 0.29) is 153 Å². The molecule has 12 rings (SSSR count). The minimum atomic E-state index is -1.26. The number of hydrogen-bond acceptors (Lipinski definition) is 21. The first-order valence-electron chi connectivity index (χ1n) is 43.7. The van der Waals surface area contributed by atoms with Gasteiger partial charge in [0, 0.05) is 82.5 Å². The number of carbonyl (C=O) groups excluding carboxylic acids is 13. The van der Waals surface area contributed by atoms with E-state index in [0.717, 1.165) is 5.56 Å². The maximum Gasteiger partial charge on any atom is 0.337 e. The van der Waals surface area contributed by atoms with Crippen LogP contribution in [0.25, 0.3) is 0 Å². The smallest absolute Gasteiger partial charge is 0.337 e. The number of nitrogens with one attached hydrogen (secondary N) is 4. The number of urea groups is 3. The van der Waals surface area contributed by atoms with Crippen molar-refractivity contribution >= 4 is 119 Å². The maximum absolute atomic E-state index is 14.4. The number of carbonyl (C=O) groups is 15. The summed E-state index contributed by atoms with van der Waals surface area (Å²) in [5.41, 5.74) is 0.617. The van der Waals surface area contributed by atoms with Crippen molar-refractivity contribution in [1.82, 2.24) is 60.5 Å². The van der Waals surface area contributed by atoms with Crippen molar-refractivity contribution in [2.45, 2.75) is 136 Å². The minimum absolute atomic E-state index is 0. The number of rotatable bonds is 27. The van der Waals surface area contributed by atoms with E-state index in [1.54, 1.807) is 144 Å². The molecule has 3 spiro atoms. The molecule has 38 heteroatoms. The minimum Gasteiger partial charge on any atom is -0.480 e. The lowest BCUT2D eigenvalue weighted by atomic mass is 9.84. The molecule has 133 heavy (non-hydrogen) atoms. The number of methoxy groups -OCH3 is 2. The van der Waals surface area contributed by atoms with Gasteiger partial charge in [-0.15, -0.1) is 12.4 Å². The molecule has 6 N–H and O–H groups in total. The number of imide groups is 3. The van der Waals surface area contributed by atoms with E-state index in [9.17, 15) is 90.2 Å². The Balaban J connectivity index is 0.000000229. The van der Waals surface area contributed by atoms with Crippen molar-refractivity contribution in [1.29, 1.82) is 0 Å². The number of likely N-dealkylation sites (N-methyl/N-ethyl adjacent to an activating group) is 3. The highest BCUT2D eigenvalue weighted by Crippen LogP contribution is 2.45. The number of ether oxygens (including phenoxy) is 2. The topological polar surface area (TPSA) is 399 Å². The average molecular weight is 1870 g/mol. The molecule has 0 aliphatic carbocycles. The standard InChI is InChI=1S/C32H40FN5O6.C31H38FN5O6.C19H26N4O4.C13H16FNO3.ClH/c1-20(2)26(34-27(39)24-19-21(3)7-12-25(24)33)28(40)36-15-13-32(14-16-36)30(42)37(18-17-35(4)5)31(43)38(32)23-10-8-22(9-11-23)29(41)44-6;1-19(2)25(33-26(38)23-18-20(3)6-11-24(23)32)27(39)35-14-12-31(13-15-35)29(42)36(17-16-34(4)5)30(43)37(31)22-9-7-21(8-10-22)28(40)41;1-21(2)12-13-22-17(25)19(8-10-20-11-9-19)23(18(22)26)15-6-4-14(5-7-15)16(24)27-3;1-7(2)11(13(17)18)15-12(16)9-6-8(3)4-5-10(9)14;/h7-12,19-20,26H,13-18H2,1-6H3,(H,34,39);6-11,18-19,25H,12-17H2,1-5H3,(H,33,38)(H,40,41);4-7,20H,8-13H2,1-3H3;4-7,11H,1-3H3,(H,15,16)(H,17,18);1H/t26-;25-;;11-;/m11.1./s1. The van der Waals surface area contributed by atoms with Crippen molar-refractivity contribution in [3.05, 3.63) is 195 Å². The summed E-state index contributed by atoms with van der Waals surface area (Å²) in [5, 5.41) is 29.3. The molecule has 14 amide bonds. The van der Waals surface area contributed by atoms with Crippen molar-refractivity contribution in [2.75, 3.05) is 150 Å². The van der Waals surface area contributed by atoms with Gasteiger partial charge in [0.15, 0.2) is 0 Å². The molecule has 6 aromatic rings. The zero-order valence-corrected chi connectivity index (χ0v) is 78.9. The Kier molecular flexibility index (Phi) is 36.2. The third-order valence-corrected chi connectivity index (χ3v) is 24.3. The second-order valence-electron chi connectivity index (χ2n) is 35.4. The van der Waals surface area contributed by atoms with Crippen LogP contribution in [0.2, 0.25) is 0 Å². The fourth-order valence-corrected chi connectivity index (χ4v) is 16.6. The number of aliphatic carboxylic acids is 1. The number of aryl methyl sites for hydroxylation is 3. The average Bonchev–Trinajstić information content (AvgIpc) is 1.58. The van der Waals surface area contributed by atoms with Crippen LogP contribution in [0.4, 0.5) is 44.6 Å². The van der Waals surface area contributed by atoms with Crippen LogP contribution < -0.4 is 36.0 Å². The van der Waals surface area contributed by atoms with Gasteiger partial charge in [0.25, 0.3) is 35.4 Å². The van der Waals surface area contributed by atoms with Gasteiger partial charge in [-0.05, 0) is 242 Å². The van der Waals surface area contributed by atoms with Crippen LogP contribution in [0.15, 0.2) is 127 Å². The number of carboxylic acid groups (broad SMARTS) is 2. The highest BCUT2D eigenvalue weighted by atomic mass is 35.5. The van der Waals surface area contributed by atoms with E-state index in [0.29, 0.717) is 91.4 Å². The molecule has 6 fully saturated rings. The number of carboxylic acids is 2. The van der Waals surface area contributed by atoms with Gasteiger partial charge in [-0.3, -0.25) is 67.8 Å². The molecule has 0 saturated carbocycles. The van der Waals surface area contributed by atoms with Gasteiger partial charge in [0.2, 0.25) is 11.8 Å². The zero-order chi connectivity index (χ0) is 97.5. The number of hydrogen-bond donors (Lipinski definition) is 6. The number of halogens is 4. The van der Waals surface area contributed by atoms with Crippen LogP contribution in [0.3, 0.4) is 0 Å². The van der Waals surface area contributed by atoms with Crippen LogP contribution in [0.1, 0.15) is 159 Å². The first-order chi connectivity index (χ1) is 62.3. The molecule has 6 aliphatic rings. The van der Waals surface area contributed by atoms with E-state index in [1.165, 1.54) is 99.4 Å². The third-order valence-electron chi connectivity index (χ3n) is 24.3. The lowest BCUT2D eigenvalue weighted by molar-refractivity contribution is -0.140. The molecule has 718 valence electrons. The predicted octanol–water partition coefficient (Wildman–Crippen LogP) is 9.37. The summed E-state index contributed by atoms with van der Waals surface area (Å²) in [4.78, 5) is 210. The van der Waals surface area contributed by atoms with Gasteiger partial charge >= 0.3 is 42.0 Å². The molecule has 6 heterocycles. The molecule has 6 saturated heterocycles. The van der Waals surface area contributed by atoms with E-state index >= 15 is 0 Å². The van der Waals surface area contributed by atoms with E-state index < -0.39 is 106 Å². The summed E-state index contributed by atoms with van der Waals surface area (Å²) in [6.07, 6.45) is 1.77. The number of esters is 2. The SMILES string of the molecule is COC(=O)c1ccc(N2C(=O)N(CCN(C)C)C(=O)C23CCN(C(=O)[C@H](NC(=O)c2cc(C)ccc2F)C(C)C)CC3)cc1.COC(=O)c1ccc(N2C(=O)N(CCN(C)C)C(=O)C23CCNCC3)cc1.Cc1ccc(F)c(C(=O)N[C@@H](C(=O)N2CCC3(CC2)C(=O)N(CCN(C)C)C(=O)N3c2ccc(C(=O)O)cc2)C(C)C)c1.Cc1ccc(F)c(C(=O)N[C@@H](C(=O)O)C(C)C)c1.Cl. The van der Waals surface area contributed by atoms with Crippen LogP contribution in [0.5, 0.6) is 0 Å². The molecule has 0 unspecified atom stereocenters. The monoisotopic (exact) mass is 1870 g/mol. The Bertz CT molecular complexity index is 5290. The van der Waals surface area contributed by atoms with Gasteiger partial charge in [-0.1, -0.05) is 76.4 Å². The number of likely N-dealkylation sites (tertiary alicyclic amines) is 2. The first kappa shape index (κ1) is 106. The Hall–Kier alpha value is -12.7. The summed E-state index contributed by atoms with van der Waals surface area (Å²) in [6, 6.07) is 27.2. The lowest BCUT2D eigenvalue weighted by Crippen LogP contribution is -2.60. The fraction of sp³-hybridized carbons (Fsp3) is 0.463. The number of benzene rings is 6. The molecular formula is C95H121ClF3N15O19. The van der Waals surface area contributed by atoms with Gasteiger partial charge in [-0.25, -0.2) is 46.7 Å². The number of anilines is 3. The summed E-state index contributed by atoms with van der Waals surface area (Å²) in [6.45, 7) is 20.0. The normalized spacial score (nSPS) is 16.8.